The molecular weight excluding hydrogens is 375 g/mol. The molecular formula is C22H23FN2O4. The fourth-order valence-corrected chi connectivity index (χ4v) is 4.10. The van der Waals surface area contributed by atoms with Crippen molar-refractivity contribution in [3.05, 3.63) is 58.7 Å². The number of amides is 1. The Morgan fingerprint density at radius 1 is 1.21 bits per heavy atom. The van der Waals surface area contributed by atoms with Crippen LogP contribution in [0, 0.1) is 5.82 Å². The monoisotopic (exact) mass is 398 g/mol. The minimum atomic E-state index is -0.966. The number of hydrogen-bond acceptors (Lipinski definition) is 5. The van der Waals surface area contributed by atoms with E-state index in [4.69, 9.17) is 4.74 Å². The Labute approximate surface area is 168 Å². The number of pyridine rings is 1. The van der Waals surface area contributed by atoms with Crippen LogP contribution in [0.25, 0.3) is 0 Å². The summed E-state index contributed by atoms with van der Waals surface area (Å²) in [6.45, 7) is 2.61. The number of halogens is 1. The number of carbonyl (C=O) groups is 2. The van der Waals surface area contributed by atoms with Gasteiger partial charge >= 0.3 is 0 Å². The Bertz CT molecular complexity index is 902. The van der Waals surface area contributed by atoms with Crippen LogP contribution in [0.2, 0.25) is 0 Å². The highest BCUT2D eigenvalue weighted by Crippen LogP contribution is 2.31. The van der Waals surface area contributed by atoms with Gasteiger partial charge in [0.05, 0.1) is 12.2 Å². The van der Waals surface area contributed by atoms with E-state index in [1.54, 1.807) is 4.90 Å². The maximum Gasteiger partial charge on any atom is 0.253 e. The highest BCUT2D eigenvalue weighted by atomic mass is 19.1. The lowest BCUT2D eigenvalue weighted by Gasteiger charge is -2.32. The van der Waals surface area contributed by atoms with Crippen molar-refractivity contribution in [3.8, 4) is 5.75 Å². The zero-order valence-electron chi connectivity index (χ0n) is 16.0. The second kappa shape index (κ2) is 8.29. The smallest absolute Gasteiger partial charge is 0.253 e. The van der Waals surface area contributed by atoms with Gasteiger partial charge in [0.1, 0.15) is 0 Å². The van der Waals surface area contributed by atoms with Crippen molar-refractivity contribution in [1.29, 1.82) is 0 Å². The average molecular weight is 398 g/mol. The van der Waals surface area contributed by atoms with E-state index in [0.717, 1.165) is 44.2 Å². The van der Waals surface area contributed by atoms with Gasteiger partial charge in [0, 0.05) is 43.1 Å². The molecule has 1 amide bonds. The number of piperidine rings is 1. The number of likely N-dealkylation sites (tertiary alicyclic amines) is 1. The maximum absolute atomic E-state index is 13.8. The Hall–Kier alpha value is -2.80. The molecule has 2 aliphatic heterocycles. The first-order valence-corrected chi connectivity index (χ1v) is 9.87. The fourth-order valence-electron chi connectivity index (χ4n) is 4.10. The molecule has 1 unspecified atom stereocenters. The third kappa shape index (κ3) is 4.00. The first kappa shape index (κ1) is 19.5. The zero-order chi connectivity index (χ0) is 20.4. The van der Waals surface area contributed by atoms with Gasteiger partial charge in [-0.05, 0) is 48.9 Å². The lowest BCUT2D eigenvalue weighted by Crippen LogP contribution is -2.38. The normalized spacial score (nSPS) is 20.0. The van der Waals surface area contributed by atoms with Gasteiger partial charge in [-0.25, -0.2) is 4.39 Å². The number of carbonyl (C=O) groups excluding carboxylic acids is 2. The van der Waals surface area contributed by atoms with Crippen molar-refractivity contribution in [2.24, 2.45) is 0 Å². The molecule has 1 atom stereocenters. The summed E-state index contributed by atoms with van der Waals surface area (Å²) in [6, 6.07) is 6.41. The predicted molar refractivity (Wildman–Crippen MR) is 104 cm³/mol. The quantitative estimate of drug-likeness (QED) is 0.800. The molecule has 2 aromatic rings. The average Bonchev–Trinajstić information content (AvgIpc) is 3.30. The molecule has 1 aromatic carbocycles. The largest absolute Gasteiger partial charge is 0.504 e. The minimum Gasteiger partial charge on any atom is -0.504 e. The fraction of sp³-hybridized carbons (Fsp3) is 0.409. The Morgan fingerprint density at radius 3 is 2.62 bits per heavy atom. The summed E-state index contributed by atoms with van der Waals surface area (Å²) >= 11 is 0. The Morgan fingerprint density at radius 2 is 2.00 bits per heavy atom. The second-order valence-electron chi connectivity index (χ2n) is 7.66. The summed E-state index contributed by atoms with van der Waals surface area (Å²) < 4.78 is 19.2. The topological polar surface area (TPSA) is 79.7 Å². The van der Waals surface area contributed by atoms with Crippen molar-refractivity contribution in [2.45, 2.75) is 31.1 Å². The SMILES string of the molecule is O=Cc1cc(C(=O)N2CCC(c3ccc(C4CCOC4)nc3)CC2)cc(F)c1O. The number of nitrogens with zero attached hydrogens (tertiary/aromatic N) is 2. The van der Waals surface area contributed by atoms with Gasteiger partial charge < -0.3 is 14.7 Å². The van der Waals surface area contributed by atoms with E-state index < -0.39 is 11.6 Å². The summed E-state index contributed by atoms with van der Waals surface area (Å²) in [7, 11) is 0. The van der Waals surface area contributed by atoms with Crippen LogP contribution >= 0.6 is 0 Å². The Kier molecular flexibility index (Phi) is 5.58. The third-order valence-electron chi connectivity index (χ3n) is 5.88. The van der Waals surface area contributed by atoms with Gasteiger partial charge in [-0.1, -0.05) is 6.07 Å². The molecule has 29 heavy (non-hydrogen) atoms. The van der Waals surface area contributed by atoms with E-state index in [-0.39, 0.29) is 17.0 Å². The number of aromatic hydroxyl groups is 1. The summed E-state index contributed by atoms with van der Waals surface area (Å²) in [4.78, 5) is 30.0. The molecule has 3 heterocycles. The van der Waals surface area contributed by atoms with Gasteiger partial charge in [0.2, 0.25) is 0 Å². The maximum atomic E-state index is 13.8. The number of aldehydes is 1. The van der Waals surface area contributed by atoms with Crippen LogP contribution in [0.5, 0.6) is 5.75 Å². The van der Waals surface area contributed by atoms with Gasteiger partial charge in [0.15, 0.2) is 17.9 Å². The highest BCUT2D eigenvalue weighted by molar-refractivity contribution is 5.96. The van der Waals surface area contributed by atoms with Crippen LogP contribution < -0.4 is 0 Å². The highest BCUT2D eigenvalue weighted by Gasteiger charge is 2.26. The van der Waals surface area contributed by atoms with Crippen LogP contribution in [0.3, 0.4) is 0 Å². The third-order valence-corrected chi connectivity index (χ3v) is 5.88. The summed E-state index contributed by atoms with van der Waals surface area (Å²) in [5.41, 5.74) is 2.09. The van der Waals surface area contributed by atoms with Crippen LogP contribution in [-0.2, 0) is 4.74 Å². The van der Waals surface area contributed by atoms with E-state index in [1.165, 1.54) is 11.6 Å². The number of phenolic OH excluding ortho intramolecular Hbond substituents is 1. The molecule has 2 aliphatic rings. The first-order chi connectivity index (χ1) is 14.1. The summed E-state index contributed by atoms with van der Waals surface area (Å²) in [5, 5.41) is 9.52. The molecule has 2 fully saturated rings. The molecule has 0 radical (unpaired) electrons. The van der Waals surface area contributed by atoms with Gasteiger partial charge in [0.25, 0.3) is 5.91 Å². The number of aromatic nitrogens is 1. The van der Waals surface area contributed by atoms with Crippen molar-refractivity contribution in [2.75, 3.05) is 26.3 Å². The number of rotatable bonds is 4. The molecule has 0 aliphatic carbocycles. The molecule has 0 spiro atoms. The molecule has 152 valence electrons. The summed E-state index contributed by atoms with van der Waals surface area (Å²) in [5.74, 6) is -1.32. The van der Waals surface area contributed by atoms with Crippen molar-refractivity contribution in [3.63, 3.8) is 0 Å². The number of hydrogen-bond donors (Lipinski definition) is 1. The van der Waals surface area contributed by atoms with Crippen molar-refractivity contribution in [1.82, 2.24) is 9.88 Å². The van der Waals surface area contributed by atoms with E-state index in [9.17, 15) is 19.1 Å². The zero-order valence-corrected chi connectivity index (χ0v) is 16.0. The Balaban J connectivity index is 1.39. The van der Waals surface area contributed by atoms with Crippen LogP contribution in [0.1, 0.15) is 63.1 Å². The lowest BCUT2D eigenvalue weighted by molar-refractivity contribution is 0.0712. The number of benzene rings is 1. The molecule has 0 bridgehead atoms. The van der Waals surface area contributed by atoms with E-state index in [2.05, 4.69) is 17.1 Å². The molecule has 0 saturated carbocycles. The number of phenols is 1. The van der Waals surface area contributed by atoms with Crippen LogP contribution in [-0.4, -0.2) is 53.5 Å². The number of ether oxygens (including phenoxy) is 1. The standard InChI is InChI=1S/C22H23FN2O4/c23-19-10-17(9-18(12-26)21(19)27)22(28)25-6-3-14(4-7-25)15-1-2-20(24-11-15)16-5-8-29-13-16/h1-2,9-12,14,16,27H,3-8,13H2. The van der Waals surface area contributed by atoms with Crippen molar-refractivity contribution >= 4 is 12.2 Å². The van der Waals surface area contributed by atoms with Crippen molar-refractivity contribution < 1.29 is 23.8 Å². The summed E-state index contributed by atoms with van der Waals surface area (Å²) in [6.07, 6.45) is 4.87. The van der Waals surface area contributed by atoms with Crippen LogP contribution in [0.4, 0.5) is 4.39 Å². The van der Waals surface area contributed by atoms with Gasteiger partial charge in [-0.2, -0.15) is 0 Å². The lowest BCUT2D eigenvalue weighted by atomic mass is 9.89. The van der Waals surface area contributed by atoms with E-state index in [0.29, 0.717) is 31.2 Å². The second-order valence-corrected chi connectivity index (χ2v) is 7.66. The predicted octanol–water partition coefficient (Wildman–Crippen LogP) is 3.26. The van der Waals surface area contributed by atoms with Gasteiger partial charge in [-0.3, -0.25) is 14.6 Å². The molecule has 1 aromatic heterocycles. The van der Waals surface area contributed by atoms with E-state index >= 15 is 0 Å². The molecule has 7 heteroatoms. The van der Waals surface area contributed by atoms with E-state index in [1.807, 2.05) is 6.20 Å². The molecule has 4 rings (SSSR count). The molecule has 6 nitrogen and oxygen atoms in total. The first-order valence-electron chi connectivity index (χ1n) is 9.87. The van der Waals surface area contributed by atoms with Crippen LogP contribution in [0.15, 0.2) is 30.5 Å². The minimum absolute atomic E-state index is 0.0747. The molecule has 2 saturated heterocycles. The van der Waals surface area contributed by atoms with Gasteiger partial charge in [-0.15, -0.1) is 0 Å². The molecule has 1 N–H and O–H groups in total.